The summed E-state index contributed by atoms with van der Waals surface area (Å²) >= 11 is 0. The highest BCUT2D eigenvalue weighted by Crippen LogP contribution is 2.39. The molecule has 3 aliphatic heterocycles. The molecule has 9 aromatic carbocycles. The molecule has 17 nitrogen and oxygen atoms in total. The van der Waals surface area contributed by atoms with E-state index >= 15 is 4.39 Å². The van der Waals surface area contributed by atoms with Gasteiger partial charge in [0.2, 0.25) is 12.3 Å². The Labute approximate surface area is 596 Å². The third kappa shape index (κ3) is 21.4. The van der Waals surface area contributed by atoms with E-state index in [0.717, 1.165) is 50.1 Å². The van der Waals surface area contributed by atoms with E-state index in [0.29, 0.717) is 5.75 Å². The smallest absolute Gasteiger partial charge is 0.228 e. The number of hydrogen-bond acceptors (Lipinski definition) is 16. The van der Waals surface area contributed by atoms with Gasteiger partial charge in [0.1, 0.15) is 78.9 Å². The molecule has 12 rings (SSSR count). The van der Waals surface area contributed by atoms with Crippen LogP contribution >= 0.6 is 0 Å². The Balaban J connectivity index is 0.944. The maximum atomic E-state index is 18.1. The summed E-state index contributed by atoms with van der Waals surface area (Å²) in [7, 11) is 1.63. The molecule has 15 atom stereocenters. The van der Waals surface area contributed by atoms with Gasteiger partial charge in [0.15, 0.2) is 12.6 Å². The molecule has 3 saturated heterocycles. The third-order valence-electron chi connectivity index (χ3n) is 18.0. The first kappa shape index (κ1) is 73.4. The molecular weight excluding hydrogens is 1300 g/mol. The quantitative estimate of drug-likeness (QED) is 0.0393. The van der Waals surface area contributed by atoms with Crippen molar-refractivity contribution in [1.82, 2.24) is 5.32 Å². The summed E-state index contributed by atoms with van der Waals surface area (Å²) in [5, 5.41) is 3.14. The minimum Gasteiger partial charge on any atom is -0.497 e. The lowest BCUT2D eigenvalue weighted by atomic mass is 9.94. The molecule has 3 heterocycles. The molecule has 0 aromatic heterocycles. The largest absolute Gasteiger partial charge is 0.497 e. The lowest BCUT2D eigenvalue weighted by molar-refractivity contribution is -0.378. The van der Waals surface area contributed by atoms with Gasteiger partial charge in [-0.25, -0.2) is 4.39 Å². The number of ether oxygens (including phenoxy) is 15. The van der Waals surface area contributed by atoms with E-state index in [9.17, 15) is 4.79 Å². The molecule has 0 radical (unpaired) electrons. The van der Waals surface area contributed by atoms with Crippen LogP contribution in [0.1, 0.15) is 57.0 Å². The van der Waals surface area contributed by atoms with Crippen molar-refractivity contribution in [3.63, 3.8) is 0 Å². The SMILES string of the molecule is COc1ccc(COC[C@H]2O[C@@H](O[C@H]3[C@H](OCc4ccccc4)[C@@H](NC(C)=O)[C@H](O[C@@H]4C(F)O[C@H](COCc5ccccc5)[C@@H](OCc5ccccc5)[C@@H]4OCc4ccccc4)O[C@@H]3COCc3ccccc3)[C@H](OCc3ccccc3)[C@@H](OCc3ccccc3)[C@H]2OCc2ccccc2)cc1. The number of carbonyl (C=O) groups is 1. The molecule has 9 aromatic rings. The highest BCUT2D eigenvalue weighted by atomic mass is 19.1. The summed E-state index contributed by atoms with van der Waals surface area (Å²) in [6.45, 7) is 2.35. The second-order valence-electron chi connectivity index (χ2n) is 25.5. The molecule has 0 aliphatic carbocycles. The van der Waals surface area contributed by atoms with E-state index in [1.807, 2.05) is 267 Å². The fourth-order valence-corrected chi connectivity index (χ4v) is 12.8. The first-order valence-electron chi connectivity index (χ1n) is 34.8. The van der Waals surface area contributed by atoms with Gasteiger partial charge in [-0.15, -0.1) is 0 Å². The molecule has 0 bridgehead atoms. The zero-order chi connectivity index (χ0) is 69.9. The number of benzene rings is 9. The first-order chi connectivity index (χ1) is 50.3. The Morgan fingerprint density at radius 2 is 0.608 bits per heavy atom. The van der Waals surface area contributed by atoms with Gasteiger partial charge >= 0.3 is 0 Å². The molecule has 3 fully saturated rings. The second kappa shape index (κ2) is 38.8. The summed E-state index contributed by atoms with van der Waals surface area (Å²) in [5.74, 6) is 0.235. The third-order valence-corrected chi connectivity index (χ3v) is 18.0. The Kier molecular flexibility index (Phi) is 27.9. The van der Waals surface area contributed by atoms with Gasteiger partial charge < -0.3 is 76.4 Å². The predicted molar refractivity (Wildman–Crippen MR) is 379 cm³/mol. The molecule has 1 unspecified atom stereocenters. The minimum atomic E-state index is -2.17. The van der Waals surface area contributed by atoms with Gasteiger partial charge in [-0.05, 0) is 62.2 Å². The monoisotopic (exact) mass is 1390 g/mol. The van der Waals surface area contributed by atoms with Gasteiger partial charge in [-0.2, -0.15) is 0 Å². The highest BCUT2D eigenvalue weighted by Gasteiger charge is 2.57. The Morgan fingerprint density at radius 3 is 0.971 bits per heavy atom. The highest BCUT2D eigenvalue weighted by molar-refractivity contribution is 5.73. The maximum absolute atomic E-state index is 18.1. The Bertz CT molecular complexity index is 3810. The van der Waals surface area contributed by atoms with Crippen LogP contribution in [0.4, 0.5) is 4.39 Å². The van der Waals surface area contributed by atoms with Crippen LogP contribution in [-0.4, -0.2) is 125 Å². The normalized spacial score (nSPS) is 25.0. The number of halogens is 1. The maximum Gasteiger partial charge on any atom is 0.228 e. The first-order valence-corrected chi connectivity index (χ1v) is 34.8. The van der Waals surface area contributed by atoms with Crippen molar-refractivity contribution in [2.24, 2.45) is 0 Å². The fraction of sp³-hybridized carbons (Fsp3) is 0.345. The number of methoxy groups -OCH3 is 1. The summed E-state index contributed by atoms with van der Waals surface area (Å²) in [4.78, 5) is 14.2. The van der Waals surface area contributed by atoms with Crippen LogP contribution < -0.4 is 10.1 Å². The van der Waals surface area contributed by atoms with Crippen molar-refractivity contribution < 1.29 is 80.2 Å². The topological polar surface area (TPSA) is 168 Å². The molecule has 102 heavy (non-hydrogen) atoms. The second-order valence-corrected chi connectivity index (χ2v) is 25.5. The molecule has 534 valence electrons. The van der Waals surface area contributed by atoms with Crippen LogP contribution in [0, 0.1) is 0 Å². The van der Waals surface area contributed by atoms with Crippen molar-refractivity contribution in [2.75, 3.05) is 26.9 Å². The van der Waals surface area contributed by atoms with E-state index in [4.69, 9.17) is 71.1 Å². The number of hydrogen-bond donors (Lipinski definition) is 1. The lowest BCUT2D eigenvalue weighted by Gasteiger charge is -2.51. The molecule has 0 saturated carbocycles. The van der Waals surface area contributed by atoms with E-state index in [2.05, 4.69) is 5.32 Å². The van der Waals surface area contributed by atoms with Crippen LogP contribution in [0.3, 0.4) is 0 Å². The number of alkyl halides is 1. The van der Waals surface area contributed by atoms with Crippen LogP contribution in [0.5, 0.6) is 5.75 Å². The van der Waals surface area contributed by atoms with Crippen molar-refractivity contribution in [3.05, 3.63) is 317 Å². The Morgan fingerprint density at radius 1 is 0.324 bits per heavy atom. The van der Waals surface area contributed by atoms with E-state index in [-0.39, 0.29) is 79.3 Å². The van der Waals surface area contributed by atoms with Gasteiger partial charge in [0, 0.05) is 6.92 Å². The van der Waals surface area contributed by atoms with E-state index in [1.165, 1.54) is 6.92 Å². The van der Waals surface area contributed by atoms with Gasteiger partial charge in [-0.1, -0.05) is 255 Å². The van der Waals surface area contributed by atoms with Crippen LogP contribution in [0.2, 0.25) is 0 Å². The number of rotatable bonds is 36. The van der Waals surface area contributed by atoms with Crippen LogP contribution in [0.15, 0.2) is 267 Å². The van der Waals surface area contributed by atoms with Crippen LogP contribution in [0.25, 0.3) is 0 Å². The molecule has 0 spiro atoms. The summed E-state index contributed by atoms with van der Waals surface area (Å²) in [5.41, 5.74) is 7.88. The average molecular weight is 1390 g/mol. The van der Waals surface area contributed by atoms with Crippen molar-refractivity contribution in [1.29, 1.82) is 0 Å². The average Bonchev–Trinajstić information content (AvgIpc) is 0.765. The van der Waals surface area contributed by atoms with Crippen molar-refractivity contribution in [3.8, 4) is 5.75 Å². The zero-order valence-corrected chi connectivity index (χ0v) is 57.5. The fourth-order valence-electron chi connectivity index (χ4n) is 12.8. The van der Waals surface area contributed by atoms with E-state index in [1.54, 1.807) is 7.11 Å². The van der Waals surface area contributed by atoms with Gasteiger partial charge in [0.25, 0.3) is 0 Å². The molecule has 3 aliphatic rings. The predicted octanol–water partition coefficient (Wildman–Crippen LogP) is 13.6. The summed E-state index contributed by atoms with van der Waals surface area (Å²) in [6.07, 6.45) is -17.1. The van der Waals surface area contributed by atoms with Gasteiger partial charge in [0.05, 0.1) is 86.4 Å². The molecule has 18 heteroatoms. The molecule has 1 amide bonds. The standard InChI is InChI=1S/C84H90FNO16/c1-59(87)86-73-77(94-52-64-35-19-7-20-36-64)76(101-84-81(97-55-67-41-25-10-26-42-67)79(96-54-66-39-23-9-24-40-66)75(93-51-63-33-17-6-18-34-63)71(100-84)57-91-49-68-43-45-69(88-2)46-44-68)72(58-90-48-61-29-13-4-14-30-61)99-83(73)102-80-78(95-53-65-37-21-8-22-38-65)74(92-50-62-31-15-5-16-32-62)70(98-82(80)85)56-89-47-60-27-11-3-12-28-60/h3-46,70-84H,47-58H2,1-2H3,(H,86,87)/t70-,71-,72-,73-,74-,75+,76-,77-,78+,79+,80+,81-,82?,83+,84+/m1/s1. The van der Waals surface area contributed by atoms with Crippen molar-refractivity contribution >= 4 is 5.91 Å². The minimum absolute atomic E-state index is 0.00251. The number of amides is 1. The lowest BCUT2D eigenvalue weighted by Crippen LogP contribution is -2.70. The number of nitrogens with one attached hydrogen (secondary N) is 1. The van der Waals surface area contributed by atoms with Crippen LogP contribution in [-0.2, 0) is 131 Å². The molecule has 1 N–H and O–H groups in total. The van der Waals surface area contributed by atoms with Gasteiger partial charge in [-0.3, -0.25) is 4.79 Å². The van der Waals surface area contributed by atoms with E-state index < -0.39 is 98.0 Å². The molecular formula is C84H90FNO16. The zero-order valence-electron chi connectivity index (χ0n) is 57.5. The van der Waals surface area contributed by atoms with Crippen molar-refractivity contribution in [2.45, 2.75) is 159 Å². The summed E-state index contributed by atoms with van der Waals surface area (Å²) in [6, 6.07) is 84.3. The Hall–Kier alpha value is -8.38. The summed E-state index contributed by atoms with van der Waals surface area (Å²) < 4.78 is 122. The number of carbonyl (C=O) groups excluding carboxylic acids is 1.